The molecule has 0 bridgehead atoms. The van der Waals surface area contributed by atoms with Gasteiger partial charge in [-0.1, -0.05) is 34.1 Å². The van der Waals surface area contributed by atoms with E-state index >= 15 is 0 Å². The van der Waals surface area contributed by atoms with E-state index < -0.39 is 0 Å². The van der Waals surface area contributed by atoms with E-state index in [4.69, 9.17) is 4.74 Å². The van der Waals surface area contributed by atoms with Gasteiger partial charge in [0, 0.05) is 41.0 Å². The number of benzene rings is 2. The second-order valence-corrected chi connectivity index (χ2v) is 8.99. The zero-order valence-corrected chi connectivity index (χ0v) is 17.9. The molecule has 2 saturated heterocycles. The average Bonchev–Trinajstić information content (AvgIpc) is 3.35. The van der Waals surface area contributed by atoms with Crippen molar-refractivity contribution in [3.63, 3.8) is 0 Å². The van der Waals surface area contributed by atoms with Gasteiger partial charge in [-0.25, -0.2) is 0 Å². The second kappa shape index (κ2) is 8.17. The summed E-state index contributed by atoms with van der Waals surface area (Å²) >= 11 is 5.25. The predicted molar refractivity (Wildman–Crippen MR) is 115 cm³/mol. The summed E-state index contributed by atoms with van der Waals surface area (Å²) in [5, 5.41) is -0.0965. The minimum Gasteiger partial charge on any atom is -0.496 e. The number of carbonyl (C=O) groups is 2. The lowest BCUT2D eigenvalue weighted by molar-refractivity contribution is -0.136. The smallest absolute Gasteiger partial charge is 0.229 e. The lowest BCUT2D eigenvalue weighted by Crippen LogP contribution is -2.37. The van der Waals surface area contributed by atoms with E-state index in [1.165, 1.54) is 0 Å². The van der Waals surface area contributed by atoms with Gasteiger partial charge in [0.05, 0.1) is 13.0 Å². The molecule has 0 aromatic heterocycles. The van der Waals surface area contributed by atoms with Crippen LogP contribution in [-0.2, 0) is 9.59 Å². The SMILES string of the molecule is COc1ccc(Br)cc1C1SCCN1C(=O)C1CC(=O)N(c2ccccc2)C1. The third kappa shape index (κ3) is 3.65. The van der Waals surface area contributed by atoms with Gasteiger partial charge in [-0.15, -0.1) is 11.8 Å². The van der Waals surface area contributed by atoms with Gasteiger partial charge >= 0.3 is 0 Å². The number of rotatable bonds is 4. The standard InChI is InChI=1S/C21H21BrN2O3S/c1-27-18-8-7-15(22)12-17(18)21-23(9-10-28-21)20(26)14-11-19(25)24(13-14)16-5-3-2-4-6-16/h2-8,12,14,21H,9-11,13H2,1H3. The molecule has 2 heterocycles. The molecule has 2 unspecified atom stereocenters. The number of carbonyl (C=O) groups excluding carboxylic acids is 2. The summed E-state index contributed by atoms with van der Waals surface area (Å²) in [4.78, 5) is 29.5. The molecule has 2 atom stereocenters. The number of hydrogen-bond acceptors (Lipinski definition) is 4. The zero-order valence-electron chi connectivity index (χ0n) is 15.5. The molecule has 0 aliphatic carbocycles. The molecular formula is C21H21BrN2O3S. The van der Waals surface area contributed by atoms with Gasteiger partial charge in [-0.2, -0.15) is 0 Å². The number of para-hydroxylation sites is 1. The van der Waals surface area contributed by atoms with Crippen LogP contribution in [0.1, 0.15) is 17.4 Å². The van der Waals surface area contributed by atoms with Gasteiger partial charge in [0.25, 0.3) is 0 Å². The van der Waals surface area contributed by atoms with Crippen LogP contribution in [0.25, 0.3) is 0 Å². The van der Waals surface area contributed by atoms with Crippen molar-refractivity contribution >= 4 is 45.2 Å². The van der Waals surface area contributed by atoms with Crippen molar-refractivity contribution in [2.75, 3.05) is 30.9 Å². The van der Waals surface area contributed by atoms with E-state index in [0.717, 1.165) is 27.2 Å². The molecule has 2 aliphatic rings. The maximum atomic E-state index is 13.3. The number of hydrogen-bond donors (Lipinski definition) is 0. The third-order valence-electron chi connectivity index (χ3n) is 5.17. The van der Waals surface area contributed by atoms with Crippen molar-refractivity contribution in [2.45, 2.75) is 11.8 Å². The lowest BCUT2D eigenvalue weighted by atomic mass is 10.1. The van der Waals surface area contributed by atoms with Crippen molar-refractivity contribution in [1.82, 2.24) is 4.90 Å². The van der Waals surface area contributed by atoms with Crippen LogP contribution in [0.2, 0.25) is 0 Å². The first-order valence-electron chi connectivity index (χ1n) is 9.19. The van der Waals surface area contributed by atoms with Crippen LogP contribution in [0.3, 0.4) is 0 Å². The summed E-state index contributed by atoms with van der Waals surface area (Å²) in [6.45, 7) is 1.12. The summed E-state index contributed by atoms with van der Waals surface area (Å²) in [6, 6.07) is 15.4. The van der Waals surface area contributed by atoms with Gasteiger partial charge in [-0.3, -0.25) is 9.59 Å². The van der Waals surface area contributed by atoms with Crippen LogP contribution in [0.4, 0.5) is 5.69 Å². The fourth-order valence-electron chi connectivity index (χ4n) is 3.82. The first kappa shape index (κ1) is 19.3. The largest absolute Gasteiger partial charge is 0.496 e. The molecule has 0 N–H and O–H groups in total. The molecule has 2 aromatic rings. The molecular weight excluding hydrogens is 440 g/mol. The topological polar surface area (TPSA) is 49.9 Å². The first-order valence-corrected chi connectivity index (χ1v) is 11.0. The third-order valence-corrected chi connectivity index (χ3v) is 6.91. The molecule has 2 aromatic carbocycles. The highest BCUT2D eigenvalue weighted by molar-refractivity contribution is 9.10. The maximum absolute atomic E-state index is 13.3. The minimum atomic E-state index is -0.313. The van der Waals surface area contributed by atoms with Gasteiger partial charge < -0.3 is 14.5 Å². The molecule has 0 spiro atoms. The van der Waals surface area contributed by atoms with Gasteiger partial charge in [0.2, 0.25) is 11.8 Å². The molecule has 0 saturated carbocycles. The Morgan fingerprint density at radius 3 is 2.75 bits per heavy atom. The van der Waals surface area contributed by atoms with Gasteiger partial charge in [0.1, 0.15) is 11.1 Å². The van der Waals surface area contributed by atoms with Crippen LogP contribution in [0.5, 0.6) is 5.75 Å². The van der Waals surface area contributed by atoms with Crippen molar-refractivity contribution in [3.8, 4) is 5.75 Å². The van der Waals surface area contributed by atoms with E-state index in [9.17, 15) is 9.59 Å². The van der Waals surface area contributed by atoms with E-state index in [-0.39, 0.29) is 29.5 Å². The summed E-state index contributed by atoms with van der Waals surface area (Å²) in [6.07, 6.45) is 0.261. The van der Waals surface area contributed by atoms with Crippen LogP contribution in [-0.4, -0.2) is 42.7 Å². The van der Waals surface area contributed by atoms with Gasteiger partial charge in [-0.05, 0) is 30.3 Å². The highest BCUT2D eigenvalue weighted by atomic mass is 79.9. The van der Waals surface area contributed by atoms with Crippen molar-refractivity contribution < 1.29 is 14.3 Å². The van der Waals surface area contributed by atoms with Crippen molar-refractivity contribution in [2.24, 2.45) is 5.92 Å². The van der Waals surface area contributed by atoms with E-state index in [1.807, 2.05) is 53.4 Å². The molecule has 7 heteroatoms. The molecule has 2 amide bonds. The Kier molecular flexibility index (Phi) is 5.64. The summed E-state index contributed by atoms with van der Waals surface area (Å²) in [7, 11) is 1.64. The van der Waals surface area contributed by atoms with Crippen molar-refractivity contribution in [3.05, 3.63) is 58.6 Å². The molecule has 28 heavy (non-hydrogen) atoms. The molecule has 2 fully saturated rings. The highest BCUT2D eigenvalue weighted by Gasteiger charge is 2.41. The zero-order chi connectivity index (χ0) is 19.7. The van der Waals surface area contributed by atoms with Crippen LogP contribution in [0.15, 0.2) is 53.0 Å². The summed E-state index contributed by atoms with van der Waals surface area (Å²) < 4.78 is 6.48. The predicted octanol–water partition coefficient (Wildman–Crippen LogP) is 4.08. The summed E-state index contributed by atoms with van der Waals surface area (Å²) in [5.74, 6) is 1.38. The fourth-order valence-corrected chi connectivity index (χ4v) is 5.47. The lowest BCUT2D eigenvalue weighted by Gasteiger charge is -2.28. The number of methoxy groups -OCH3 is 1. The quantitative estimate of drug-likeness (QED) is 0.689. The Labute approximate surface area is 177 Å². The van der Waals surface area contributed by atoms with E-state index in [1.54, 1.807) is 23.8 Å². The van der Waals surface area contributed by atoms with Crippen LogP contribution < -0.4 is 9.64 Å². The Bertz CT molecular complexity index is 892. The summed E-state index contributed by atoms with van der Waals surface area (Å²) in [5.41, 5.74) is 1.83. The monoisotopic (exact) mass is 460 g/mol. The Morgan fingerprint density at radius 1 is 1.21 bits per heavy atom. The number of halogens is 1. The molecule has 146 valence electrons. The molecule has 0 radical (unpaired) electrons. The van der Waals surface area contributed by atoms with Crippen LogP contribution in [0, 0.1) is 5.92 Å². The molecule has 4 rings (SSSR count). The highest BCUT2D eigenvalue weighted by Crippen LogP contribution is 2.44. The molecule has 5 nitrogen and oxygen atoms in total. The van der Waals surface area contributed by atoms with Crippen LogP contribution >= 0.6 is 27.7 Å². The Morgan fingerprint density at radius 2 is 2.00 bits per heavy atom. The Balaban J connectivity index is 1.55. The van der Waals surface area contributed by atoms with E-state index in [2.05, 4.69) is 15.9 Å². The fraction of sp³-hybridized carbons (Fsp3) is 0.333. The van der Waals surface area contributed by atoms with Gasteiger partial charge in [0.15, 0.2) is 0 Å². The molecule has 2 aliphatic heterocycles. The number of ether oxygens (including phenoxy) is 1. The Hall–Kier alpha value is -1.99. The number of thioether (sulfide) groups is 1. The average molecular weight is 461 g/mol. The van der Waals surface area contributed by atoms with E-state index in [0.29, 0.717) is 13.1 Å². The number of nitrogens with zero attached hydrogens (tertiary/aromatic N) is 2. The maximum Gasteiger partial charge on any atom is 0.229 e. The normalized spacial score (nSPS) is 22.0. The number of amides is 2. The minimum absolute atomic E-state index is 0.00739. The second-order valence-electron chi connectivity index (χ2n) is 6.88. The number of anilines is 1. The van der Waals surface area contributed by atoms with Crippen molar-refractivity contribution in [1.29, 1.82) is 0 Å². The first-order chi connectivity index (χ1) is 13.6.